The van der Waals surface area contributed by atoms with Gasteiger partial charge in [-0.3, -0.25) is 14.4 Å². The third kappa shape index (κ3) is 4.21. The van der Waals surface area contributed by atoms with Gasteiger partial charge in [0, 0.05) is 11.3 Å². The molecule has 1 spiro atoms. The summed E-state index contributed by atoms with van der Waals surface area (Å²) < 4.78 is 4.11. The van der Waals surface area contributed by atoms with Crippen LogP contribution in [0.15, 0.2) is 43.5 Å². The minimum Gasteiger partial charge on any atom is -0.461 e. The highest BCUT2D eigenvalue weighted by atomic mass is 35.5. The Balaban J connectivity index is 1.86. The van der Waals surface area contributed by atoms with Crippen LogP contribution in [-0.4, -0.2) is 69.1 Å². The van der Waals surface area contributed by atoms with Gasteiger partial charge in [0.1, 0.15) is 12.6 Å². The van der Waals surface area contributed by atoms with E-state index >= 15 is 0 Å². The lowest BCUT2D eigenvalue weighted by atomic mass is 9.66. The van der Waals surface area contributed by atoms with Gasteiger partial charge in [-0.1, -0.05) is 49.4 Å². The number of hydrogen-bond acceptors (Lipinski definition) is 6. The average Bonchev–Trinajstić information content (AvgIpc) is 3.43. The molecule has 0 aliphatic carbocycles. The van der Waals surface area contributed by atoms with Gasteiger partial charge in [-0.25, -0.2) is 0 Å². The molecule has 37 heavy (non-hydrogen) atoms. The second-order valence-corrected chi connectivity index (χ2v) is 12.6. The fraction of sp³-hybridized carbons (Fsp3) is 0.536. The van der Waals surface area contributed by atoms with Crippen LogP contribution in [0.2, 0.25) is 5.02 Å². The zero-order chi connectivity index (χ0) is 27.1. The van der Waals surface area contributed by atoms with Crippen LogP contribution in [0.3, 0.4) is 0 Å². The van der Waals surface area contributed by atoms with E-state index in [1.165, 1.54) is 6.08 Å². The predicted molar refractivity (Wildman–Crippen MR) is 147 cm³/mol. The van der Waals surface area contributed by atoms with Crippen LogP contribution in [0.5, 0.6) is 0 Å². The molecule has 1 N–H and O–H groups in total. The first-order valence-corrected chi connectivity index (χ1v) is 13.9. The molecule has 3 heterocycles. The van der Waals surface area contributed by atoms with Crippen LogP contribution < -0.4 is 4.90 Å². The van der Waals surface area contributed by atoms with E-state index in [1.54, 1.807) is 33.7 Å². The topological polar surface area (TPSA) is 87.1 Å². The van der Waals surface area contributed by atoms with Crippen molar-refractivity contribution < 1.29 is 24.2 Å². The van der Waals surface area contributed by atoms with Gasteiger partial charge in [0.2, 0.25) is 5.91 Å². The van der Waals surface area contributed by atoms with Crippen LogP contribution in [0.25, 0.3) is 0 Å². The van der Waals surface area contributed by atoms with Crippen molar-refractivity contribution in [3.63, 3.8) is 0 Å². The number of para-hydroxylation sites is 1. The van der Waals surface area contributed by atoms with Gasteiger partial charge in [0.25, 0.3) is 5.91 Å². The number of anilines is 1. The minimum absolute atomic E-state index is 0.0587. The molecule has 3 saturated heterocycles. The summed E-state index contributed by atoms with van der Waals surface area (Å²) in [5, 5.41) is 10.7. The summed E-state index contributed by atoms with van der Waals surface area (Å²) in [5.74, 6) is -2.41. The number of fused-ring (bicyclic) bond motifs is 1. The van der Waals surface area contributed by atoms with E-state index in [0.717, 1.165) is 5.56 Å². The van der Waals surface area contributed by atoms with Gasteiger partial charge < -0.3 is 19.6 Å². The van der Waals surface area contributed by atoms with Crippen molar-refractivity contribution in [2.75, 3.05) is 24.7 Å². The van der Waals surface area contributed by atoms with Crippen molar-refractivity contribution in [1.82, 2.24) is 4.90 Å². The Morgan fingerprint density at radius 3 is 2.68 bits per heavy atom. The van der Waals surface area contributed by atoms with Crippen LogP contribution >= 0.6 is 23.4 Å². The molecule has 9 heteroatoms. The smallest absolute Gasteiger partial charge is 0.311 e. The number of amides is 2. The number of rotatable bonds is 10. The molecule has 2 unspecified atom stereocenters. The number of thioether (sulfide) groups is 1. The van der Waals surface area contributed by atoms with Gasteiger partial charge in [0.15, 0.2) is 0 Å². The van der Waals surface area contributed by atoms with Crippen LogP contribution in [0, 0.1) is 18.8 Å². The van der Waals surface area contributed by atoms with Gasteiger partial charge in [-0.05, 0) is 44.7 Å². The number of aliphatic hydroxyl groups is 1. The Labute approximate surface area is 227 Å². The maximum Gasteiger partial charge on any atom is 0.311 e. The summed E-state index contributed by atoms with van der Waals surface area (Å²) in [5.41, 5.74) is 1.40. The number of halogens is 1. The largest absolute Gasteiger partial charge is 0.461 e. The first-order chi connectivity index (χ1) is 17.6. The van der Waals surface area contributed by atoms with Crippen molar-refractivity contribution in [2.24, 2.45) is 11.8 Å². The zero-order valence-corrected chi connectivity index (χ0v) is 23.2. The molecule has 3 aliphatic heterocycles. The molecule has 2 amide bonds. The number of likely N-dealkylation sites (tertiary alicyclic amines) is 1. The number of aliphatic hydroxyl groups excluding tert-OH is 1. The minimum atomic E-state index is -0.873. The highest BCUT2D eigenvalue weighted by Gasteiger charge is 2.78. The van der Waals surface area contributed by atoms with Crippen LogP contribution in [0.4, 0.5) is 5.69 Å². The Hall–Kier alpha value is -2.29. The predicted octanol–water partition coefficient (Wildman–Crippen LogP) is 4.15. The number of nitrogens with zero attached hydrogens (tertiary/aromatic N) is 2. The number of hydrogen-bond donors (Lipinski definition) is 1. The summed E-state index contributed by atoms with van der Waals surface area (Å²) in [6.07, 6.45) is 4.89. The monoisotopic (exact) mass is 546 g/mol. The number of benzene rings is 1. The Kier molecular flexibility index (Phi) is 7.84. The van der Waals surface area contributed by atoms with E-state index in [0.29, 0.717) is 30.0 Å². The third-order valence-electron chi connectivity index (χ3n) is 8.16. The summed E-state index contributed by atoms with van der Waals surface area (Å²) in [6, 6.07) is 4.01. The Bertz CT molecular complexity index is 1100. The SMILES string of the molecule is C=CCOC(=O)[C@@H]1[C@H]2C(=O)N([C@@H](CC)CO)C(C(=O)N(CC=C)c3c(C)cccc3Cl)C23CC[C@@]1(C)S3. The average molecular weight is 547 g/mol. The van der Waals surface area contributed by atoms with Crippen molar-refractivity contribution >= 4 is 46.8 Å². The molecular formula is C28H35ClN2O5S. The standard InChI is InChI=1S/C28H35ClN2O5S/c1-6-14-30(22-17(4)10-9-11-19(22)29)25(34)23-28-13-12-27(5,37-28)21(26(35)36-15-7-2)20(28)24(33)31(23)18(8-3)16-32/h6-7,9-11,18,20-21,23,32H,1-2,8,12-16H2,3-5H3/t18-,20-,21-,23?,27+,28?/m0/s1. The van der Waals surface area contributed by atoms with Crippen LogP contribution in [0.1, 0.15) is 38.7 Å². The maximum atomic E-state index is 14.6. The summed E-state index contributed by atoms with van der Waals surface area (Å²) in [6.45, 7) is 13.2. The Morgan fingerprint density at radius 2 is 2.08 bits per heavy atom. The first kappa shape index (κ1) is 27.7. The molecule has 1 aromatic carbocycles. The van der Waals surface area contributed by atoms with Crippen molar-refractivity contribution in [3.8, 4) is 0 Å². The molecule has 0 saturated carbocycles. The van der Waals surface area contributed by atoms with E-state index < -0.39 is 39.4 Å². The molecule has 6 atom stereocenters. The highest BCUT2D eigenvalue weighted by molar-refractivity contribution is 8.02. The zero-order valence-electron chi connectivity index (χ0n) is 21.6. The van der Waals surface area contributed by atoms with Crippen molar-refractivity contribution in [1.29, 1.82) is 0 Å². The molecule has 0 radical (unpaired) electrons. The van der Waals surface area contributed by atoms with E-state index in [-0.39, 0.29) is 31.6 Å². The van der Waals surface area contributed by atoms with Gasteiger partial charge in [0.05, 0.1) is 39.9 Å². The quantitative estimate of drug-likeness (QED) is 0.350. The number of carbonyl (C=O) groups is 3. The molecule has 2 bridgehead atoms. The number of esters is 1. The van der Waals surface area contributed by atoms with Gasteiger partial charge in [-0.2, -0.15) is 0 Å². The van der Waals surface area contributed by atoms with E-state index in [2.05, 4.69) is 13.2 Å². The Morgan fingerprint density at radius 1 is 1.35 bits per heavy atom. The van der Waals surface area contributed by atoms with Crippen LogP contribution in [-0.2, 0) is 19.1 Å². The summed E-state index contributed by atoms with van der Waals surface area (Å²) >= 11 is 8.16. The molecule has 0 aromatic heterocycles. The van der Waals surface area contributed by atoms with Crippen molar-refractivity contribution in [2.45, 2.75) is 61.6 Å². The lowest BCUT2D eigenvalue weighted by Gasteiger charge is -2.39. The fourth-order valence-electron chi connectivity index (χ4n) is 6.57. The second kappa shape index (κ2) is 10.5. The van der Waals surface area contributed by atoms with Crippen molar-refractivity contribution in [3.05, 3.63) is 54.1 Å². The molecule has 200 valence electrons. The maximum absolute atomic E-state index is 14.6. The molecule has 4 rings (SSSR count). The normalized spacial score (nSPS) is 30.7. The molecule has 3 aliphatic rings. The fourth-order valence-corrected chi connectivity index (χ4v) is 9.22. The highest BCUT2D eigenvalue weighted by Crippen LogP contribution is 2.72. The molecule has 1 aromatic rings. The van der Waals surface area contributed by atoms with E-state index in [4.69, 9.17) is 16.3 Å². The van der Waals surface area contributed by atoms with E-state index in [9.17, 15) is 19.5 Å². The summed E-state index contributed by atoms with van der Waals surface area (Å²) in [7, 11) is 0. The first-order valence-electron chi connectivity index (χ1n) is 12.7. The molecule has 7 nitrogen and oxygen atoms in total. The molecular weight excluding hydrogens is 512 g/mol. The number of carbonyl (C=O) groups excluding carboxylic acids is 3. The number of aryl methyl sites for hydroxylation is 1. The van der Waals surface area contributed by atoms with Gasteiger partial charge in [-0.15, -0.1) is 18.3 Å². The second-order valence-electron chi connectivity index (χ2n) is 10.3. The number of ether oxygens (including phenoxy) is 1. The lowest BCUT2D eigenvalue weighted by molar-refractivity contribution is -0.155. The van der Waals surface area contributed by atoms with Gasteiger partial charge >= 0.3 is 5.97 Å². The van der Waals surface area contributed by atoms with E-state index in [1.807, 2.05) is 32.9 Å². The summed E-state index contributed by atoms with van der Waals surface area (Å²) in [4.78, 5) is 45.2. The third-order valence-corrected chi connectivity index (χ3v) is 10.4. The molecule has 3 fully saturated rings. The lowest BCUT2D eigenvalue weighted by Crippen LogP contribution is -2.57.